The molecule has 0 aromatic heterocycles. The van der Waals surface area contributed by atoms with Crippen molar-refractivity contribution < 1.29 is 5.32 Å². The monoisotopic (exact) mass is 301 g/mol. The zero-order valence-corrected chi connectivity index (χ0v) is 15.0. The van der Waals surface area contributed by atoms with Gasteiger partial charge in [-0.1, -0.05) is 25.5 Å². The number of rotatable bonds is 1. The summed E-state index contributed by atoms with van der Waals surface area (Å²) in [5.41, 5.74) is 2.10. The fourth-order valence-electron chi connectivity index (χ4n) is 7.39. The molecule has 9 unspecified atom stereocenters. The lowest BCUT2D eigenvalue weighted by Gasteiger charge is -2.63. The van der Waals surface area contributed by atoms with Gasteiger partial charge in [0, 0.05) is 12.3 Å². The summed E-state index contributed by atoms with van der Waals surface area (Å²) in [7, 11) is 4.25. The van der Waals surface area contributed by atoms with Gasteiger partial charge in [-0.15, -0.1) is 0 Å². The first-order chi connectivity index (χ1) is 10.5. The van der Waals surface area contributed by atoms with Crippen LogP contribution in [0.3, 0.4) is 0 Å². The third-order valence-corrected chi connectivity index (χ3v) is 8.75. The quantitative estimate of drug-likeness (QED) is 0.556. The summed E-state index contributed by atoms with van der Waals surface area (Å²) in [6, 6.07) is 0. The second-order valence-corrected chi connectivity index (χ2v) is 9.49. The Morgan fingerprint density at radius 3 is 2.64 bits per heavy atom. The van der Waals surface area contributed by atoms with Crippen molar-refractivity contribution in [2.75, 3.05) is 0 Å². The highest BCUT2D eigenvalue weighted by Gasteiger charge is 2.59. The smallest absolute Gasteiger partial charge is 0.0726 e. The van der Waals surface area contributed by atoms with Gasteiger partial charge in [0.05, 0.1) is 5.54 Å². The van der Waals surface area contributed by atoms with Gasteiger partial charge in [0.25, 0.3) is 0 Å². The topological polar surface area (TPSA) is 16.6 Å². The van der Waals surface area contributed by atoms with Crippen molar-refractivity contribution in [1.82, 2.24) is 0 Å². The zero-order chi connectivity index (χ0) is 15.6. The third kappa shape index (κ3) is 1.93. The number of nitrogens with two attached hydrogens (primary N) is 1. The molecule has 4 aliphatic carbocycles. The average molecular weight is 302 g/mol. The van der Waals surface area contributed by atoms with E-state index in [4.69, 9.17) is 0 Å². The van der Waals surface area contributed by atoms with Gasteiger partial charge < -0.3 is 5.32 Å². The molecule has 1 heteroatoms. The van der Waals surface area contributed by atoms with Crippen LogP contribution in [0.5, 0.6) is 0 Å². The predicted molar refractivity (Wildman–Crippen MR) is 91.8 cm³/mol. The molecule has 0 spiro atoms. The van der Waals surface area contributed by atoms with E-state index in [0.717, 1.165) is 47.3 Å². The molecule has 22 heavy (non-hydrogen) atoms. The van der Waals surface area contributed by atoms with Crippen molar-refractivity contribution in [3.8, 4) is 0 Å². The Morgan fingerprint density at radius 2 is 1.91 bits per heavy atom. The fraction of sp³-hybridized carbons (Fsp3) is 0.857. The largest absolute Gasteiger partial charge is 0.474 e. The van der Waals surface area contributed by atoms with Crippen LogP contribution in [-0.4, -0.2) is 5.54 Å². The van der Waals surface area contributed by atoms with E-state index >= 15 is 0 Å². The molecule has 0 aromatic carbocycles. The maximum Gasteiger partial charge on any atom is 0.0726 e. The summed E-state index contributed by atoms with van der Waals surface area (Å²) in [6.07, 6.45) is 9.93. The normalized spacial score (nSPS) is 57.0. The molecule has 124 valence electrons. The van der Waals surface area contributed by atoms with Gasteiger partial charge in [-0.3, -0.25) is 0 Å². The van der Waals surface area contributed by atoms with Gasteiger partial charge in [-0.05, 0) is 81.0 Å². The molecule has 3 saturated carbocycles. The van der Waals surface area contributed by atoms with Gasteiger partial charge in [-0.25, -0.2) is 0 Å². The van der Waals surface area contributed by atoms with Crippen molar-refractivity contribution in [3.05, 3.63) is 18.7 Å². The molecule has 0 amide bonds. The lowest BCUT2D eigenvalue weighted by Crippen LogP contribution is -2.94. The molecule has 0 heterocycles. The first-order valence-electron chi connectivity index (χ1n) is 9.78. The van der Waals surface area contributed by atoms with Gasteiger partial charge >= 0.3 is 0 Å². The van der Waals surface area contributed by atoms with Crippen LogP contribution in [0.4, 0.5) is 0 Å². The Morgan fingerprint density at radius 1 is 1.14 bits per heavy atom. The van der Waals surface area contributed by atoms with Crippen molar-refractivity contribution in [1.29, 1.82) is 0 Å². The van der Waals surface area contributed by atoms with E-state index in [9.17, 15) is 0 Å². The third-order valence-electron chi connectivity index (χ3n) is 8.75. The zero-order valence-electron chi connectivity index (χ0n) is 15.0. The van der Waals surface area contributed by atoms with Gasteiger partial charge in [-0.2, -0.15) is 7.05 Å². The van der Waals surface area contributed by atoms with E-state index in [2.05, 4.69) is 46.1 Å². The minimum absolute atomic E-state index is 0.410. The number of quaternary nitrogens is 1. The molecule has 2 N–H and O–H groups in total. The second-order valence-electron chi connectivity index (χ2n) is 9.49. The van der Waals surface area contributed by atoms with Crippen molar-refractivity contribution in [2.45, 2.75) is 65.3 Å². The van der Waals surface area contributed by atoms with Crippen LogP contribution in [0.25, 0.3) is 0 Å². The van der Waals surface area contributed by atoms with Crippen molar-refractivity contribution in [3.63, 3.8) is 0 Å². The SMILES string of the molecule is [CH2-][NH2+]C1(C)CCC2C(C)CC3C=C(C)C(C)C4CCC1C2C34. The average Bonchev–Trinajstić information content (AvgIpc) is 2.51. The van der Waals surface area contributed by atoms with Crippen LogP contribution in [0, 0.1) is 54.4 Å². The number of hydrogen-bond acceptors (Lipinski definition) is 0. The minimum Gasteiger partial charge on any atom is -0.474 e. The molecule has 1 nitrogen and oxygen atoms in total. The van der Waals surface area contributed by atoms with E-state index in [1.165, 1.54) is 32.1 Å². The molecule has 9 atom stereocenters. The molecule has 4 rings (SSSR count). The van der Waals surface area contributed by atoms with E-state index in [-0.39, 0.29) is 0 Å². The lowest BCUT2D eigenvalue weighted by molar-refractivity contribution is -0.688. The van der Waals surface area contributed by atoms with E-state index in [1.807, 2.05) is 0 Å². The highest BCUT2D eigenvalue weighted by molar-refractivity contribution is 5.19. The minimum atomic E-state index is 0.410. The molecular weight excluding hydrogens is 266 g/mol. The highest BCUT2D eigenvalue weighted by Crippen LogP contribution is 2.62. The fourth-order valence-corrected chi connectivity index (χ4v) is 7.39. The molecule has 0 aliphatic heterocycles. The van der Waals surface area contributed by atoms with Gasteiger partial charge in [0.15, 0.2) is 0 Å². The van der Waals surface area contributed by atoms with Crippen LogP contribution in [0.2, 0.25) is 0 Å². The Bertz CT molecular complexity index is 480. The maximum atomic E-state index is 4.25. The summed E-state index contributed by atoms with van der Waals surface area (Å²) in [6.45, 7) is 9.98. The summed E-state index contributed by atoms with van der Waals surface area (Å²) >= 11 is 0. The molecule has 3 fully saturated rings. The second kappa shape index (κ2) is 5.10. The van der Waals surface area contributed by atoms with Crippen molar-refractivity contribution >= 4 is 0 Å². The Labute approximate surface area is 137 Å². The summed E-state index contributed by atoms with van der Waals surface area (Å²) < 4.78 is 0. The summed E-state index contributed by atoms with van der Waals surface area (Å²) in [5.74, 6) is 7.49. The van der Waals surface area contributed by atoms with E-state index in [1.54, 1.807) is 5.57 Å². The molecule has 0 radical (unpaired) electrons. The van der Waals surface area contributed by atoms with Crippen LogP contribution >= 0.6 is 0 Å². The van der Waals surface area contributed by atoms with Crippen molar-refractivity contribution in [2.24, 2.45) is 47.3 Å². The molecular formula is C21H35N. The van der Waals surface area contributed by atoms with Crippen LogP contribution in [-0.2, 0) is 0 Å². The Balaban J connectivity index is 1.76. The number of allylic oxidation sites excluding steroid dienone is 2. The first-order valence-corrected chi connectivity index (χ1v) is 9.78. The van der Waals surface area contributed by atoms with Crippen LogP contribution < -0.4 is 5.32 Å². The molecule has 4 aliphatic rings. The first kappa shape index (κ1) is 15.2. The lowest BCUT2D eigenvalue weighted by atomic mass is 9.43. The maximum absolute atomic E-state index is 4.25. The van der Waals surface area contributed by atoms with Crippen LogP contribution in [0.15, 0.2) is 11.6 Å². The summed E-state index contributed by atoms with van der Waals surface area (Å²) in [5, 5.41) is 2.33. The van der Waals surface area contributed by atoms with Crippen LogP contribution in [0.1, 0.15) is 59.8 Å². The summed E-state index contributed by atoms with van der Waals surface area (Å²) in [4.78, 5) is 0. The molecule has 0 bridgehead atoms. The Kier molecular flexibility index (Phi) is 3.53. The number of hydrogen-bond donors (Lipinski definition) is 1. The van der Waals surface area contributed by atoms with E-state index < -0.39 is 0 Å². The Hall–Kier alpha value is -0.300. The van der Waals surface area contributed by atoms with Gasteiger partial charge in [0.2, 0.25) is 0 Å². The van der Waals surface area contributed by atoms with E-state index in [0.29, 0.717) is 5.54 Å². The molecule has 0 saturated heterocycles. The highest BCUT2D eigenvalue weighted by atomic mass is 15.0. The molecule has 0 aromatic rings. The standard InChI is InChI=1S/C21H35N/c1-12-10-15-11-13(2)16-8-9-21(4,22-5)18-7-6-17(14(12)3)19(15)20(16)18/h10,13-20H,5-9,11,22H2,1-4H3. The van der Waals surface area contributed by atoms with Gasteiger partial charge in [0.1, 0.15) is 0 Å². The predicted octanol–water partition coefficient (Wildman–Crippen LogP) is 4.02.